The van der Waals surface area contributed by atoms with Crippen LogP contribution in [0.25, 0.3) is 0 Å². The van der Waals surface area contributed by atoms with Gasteiger partial charge in [-0.1, -0.05) is 31.2 Å². The molecular weight excluding hydrogens is 224 g/mol. The topological polar surface area (TPSA) is 9.23 Å². The van der Waals surface area contributed by atoms with Crippen LogP contribution in [0.1, 0.15) is 37.8 Å². The largest absolute Gasteiger partial charge is 0.418 e. The highest BCUT2D eigenvalue weighted by Crippen LogP contribution is 2.33. The van der Waals surface area contributed by atoms with Gasteiger partial charge in [0.1, 0.15) is 0 Å². The zero-order valence-electron chi connectivity index (χ0n) is 9.38. The molecule has 0 aliphatic heterocycles. The van der Waals surface area contributed by atoms with Gasteiger partial charge in [-0.15, -0.1) is 11.6 Å². The molecule has 0 bridgehead atoms. The Morgan fingerprint density at radius 2 is 2.00 bits per heavy atom. The highest BCUT2D eigenvalue weighted by molar-refractivity contribution is 6.23. The summed E-state index contributed by atoms with van der Waals surface area (Å²) in [4.78, 5) is -0.337. The van der Waals surface area contributed by atoms with Gasteiger partial charge in [-0.25, -0.2) is 0 Å². The van der Waals surface area contributed by atoms with Gasteiger partial charge in [0.05, 0.1) is 4.87 Å². The molecule has 0 aliphatic carbocycles. The van der Waals surface area contributed by atoms with Crippen molar-refractivity contribution in [1.29, 1.82) is 0 Å². The average Bonchev–Trinajstić information content (AvgIpc) is 2.17. The normalized spacial score (nSPS) is 13.9. The van der Waals surface area contributed by atoms with Crippen molar-refractivity contribution in [2.75, 3.05) is 6.61 Å². The molecule has 0 saturated carbocycles. The molecule has 1 rings (SSSR count). The molecule has 0 saturated heterocycles. The van der Waals surface area contributed by atoms with E-state index in [1.807, 2.05) is 26.0 Å². The quantitative estimate of drug-likeness (QED) is 0.578. The number of hydrogen-bond acceptors (Lipinski definition) is 1. The van der Waals surface area contributed by atoms with Gasteiger partial charge >= 0.3 is 0 Å². The van der Waals surface area contributed by atoms with Crippen molar-refractivity contribution in [3.63, 3.8) is 0 Å². The van der Waals surface area contributed by atoms with Crippen molar-refractivity contribution in [1.82, 2.24) is 0 Å². The smallest absolute Gasteiger partial charge is 0.246 e. The number of hydrogen-bond donors (Lipinski definition) is 0. The van der Waals surface area contributed by atoms with Crippen LogP contribution in [-0.2, 0) is 9.30 Å². The lowest BCUT2D eigenvalue weighted by atomic mass is 9.90. The molecule has 1 atom stereocenters. The van der Waals surface area contributed by atoms with E-state index >= 15 is 0 Å². The first-order valence-corrected chi connectivity index (χ1v) is 5.82. The van der Waals surface area contributed by atoms with Crippen LogP contribution in [0.5, 0.6) is 0 Å². The van der Waals surface area contributed by atoms with E-state index in [2.05, 4.69) is 29.5 Å². The van der Waals surface area contributed by atoms with Gasteiger partial charge < -0.3 is 4.43 Å². The second kappa shape index (κ2) is 5.15. The average molecular weight is 240 g/mol. The SMILES string of the molecule is CC(CO[Si])c1ccccc1C(C)(C)Cl. The van der Waals surface area contributed by atoms with Crippen molar-refractivity contribution in [3.8, 4) is 0 Å². The van der Waals surface area contributed by atoms with E-state index in [-0.39, 0.29) is 4.87 Å². The zero-order valence-corrected chi connectivity index (χ0v) is 11.1. The number of halogens is 1. The summed E-state index contributed by atoms with van der Waals surface area (Å²) < 4.78 is 4.99. The highest BCUT2D eigenvalue weighted by Gasteiger charge is 2.22. The van der Waals surface area contributed by atoms with E-state index in [0.29, 0.717) is 12.5 Å². The lowest BCUT2D eigenvalue weighted by Gasteiger charge is -2.23. The van der Waals surface area contributed by atoms with Crippen LogP contribution in [0, 0.1) is 0 Å². The Labute approximate surface area is 100 Å². The molecule has 15 heavy (non-hydrogen) atoms. The third-order valence-corrected chi connectivity index (χ3v) is 2.84. The minimum atomic E-state index is -0.337. The number of rotatable bonds is 4. The molecule has 1 unspecified atom stereocenters. The van der Waals surface area contributed by atoms with E-state index in [1.54, 1.807) is 0 Å². The Bertz CT molecular complexity index is 320. The first-order valence-electron chi connectivity index (χ1n) is 5.03. The lowest BCUT2D eigenvalue weighted by Crippen LogP contribution is -2.14. The van der Waals surface area contributed by atoms with Crippen molar-refractivity contribution in [2.45, 2.75) is 31.6 Å². The summed E-state index contributed by atoms with van der Waals surface area (Å²) in [6.45, 7) is 6.78. The van der Waals surface area contributed by atoms with Gasteiger partial charge in [-0.3, -0.25) is 0 Å². The van der Waals surface area contributed by atoms with Gasteiger partial charge in [-0.05, 0) is 25.0 Å². The molecule has 0 spiro atoms. The summed E-state index contributed by atoms with van der Waals surface area (Å²) in [6.07, 6.45) is 0. The van der Waals surface area contributed by atoms with Crippen molar-refractivity contribution in [3.05, 3.63) is 35.4 Å². The van der Waals surface area contributed by atoms with Crippen molar-refractivity contribution < 1.29 is 4.43 Å². The predicted molar refractivity (Wildman–Crippen MR) is 65.4 cm³/mol. The maximum absolute atomic E-state index is 6.35. The van der Waals surface area contributed by atoms with E-state index in [9.17, 15) is 0 Å². The monoisotopic (exact) mass is 239 g/mol. The highest BCUT2D eigenvalue weighted by atomic mass is 35.5. The maximum Gasteiger partial charge on any atom is 0.246 e. The summed E-state index contributed by atoms with van der Waals surface area (Å²) in [7, 11) is 3.04. The number of benzene rings is 1. The number of alkyl halides is 1. The first-order chi connectivity index (χ1) is 6.96. The second-order valence-electron chi connectivity index (χ2n) is 4.27. The summed E-state index contributed by atoms with van der Waals surface area (Å²) in [5, 5.41) is 0. The van der Waals surface area contributed by atoms with Crippen LogP contribution in [0.4, 0.5) is 0 Å². The summed E-state index contributed by atoms with van der Waals surface area (Å²) in [5.74, 6) is 0.330. The molecule has 0 N–H and O–H groups in total. The van der Waals surface area contributed by atoms with Crippen LogP contribution in [-0.4, -0.2) is 17.1 Å². The molecule has 0 aliphatic rings. The van der Waals surface area contributed by atoms with Crippen LogP contribution in [0.15, 0.2) is 24.3 Å². The third-order valence-electron chi connectivity index (χ3n) is 2.47. The maximum atomic E-state index is 6.35. The molecule has 0 aromatic heterocycles. The Morgan fingerprint density at radius 1 is 1.40 bits per heavy atom. The standard InChI is InChI=1S/C12H16ClOSi/c1-9(8-14-15)10-6-4-5-7-11(10)12(2,3)13/h4-7,9H,8H2,1-3H3. The second-order valence-corrected chi connectivity index (χ2v) is 5.51. The van der Waals surface area contributed by atoms with Crippen LogP contribution in [0.2, 0.25) is 0 Å². The van der Waals surface area contributed by atoms with Crippen molar-refractivity contribution >= 4 is 22.1 Å². The molecule has 1 aromatic rings. The Kier molecular flexibility index (Phi) is 4.38. The zero-order chi connectivity index (χ0) is 11.5. The van der Waals surface area contributed by atoms with Crippen LogP contribution in [0.3, 0.4) is 0 Å². The van der Waals surface area contributed by atoms with Gasteiger partial charge in [-0.2, -0.15) is 0 Å². The fourth-order valence-electron chi connectivity index (χ4n) is 1.68. The van der Waals surface area contributed by atoms with Gasteiger partial charge in [0, 0.05) is 12.5 Å². The predicted octanol–water partition coefficient (Wildman–Crippen LogP) is 3.36. The third kappa shape index (κ3) is 3.33. The van der Waals surface area contributed by atoms with Gasteiger partial charge in [0.2, 0.25) is 10.5 Å². The Morgan fingerprint density at radius 3 is 2.53 bits per heavy atom. The Hall–Kier alpha value is -0.313. The molecular formula is C12H16ClOSi. The van der Waals surface area contributed by atoms with Crippen molar-refractivity contribution in [2.24, 2.45) is 0 Å². The van der Waals surface area contributed by atoms with E-state index in [4.69, 9.17) is 16.0 Å². The first kappa shape index (κ1) is 12.8. The van der Waals surface area contributed by atoms with Gasteiger partial charge in [0.25, 0.3) is 0 Å². The molecule has 0 amide bonds. The summed E-state index contributed by atoms with van der Waals surface area (Å²) in [6, 6.07) is 8.23. The molecule has 1 nitrogen and oxygen atoms in total. The molecule has 81 valence electrons. The fraction of sp³-hybridized carbons (Fsp3) is 0.500. The molecule has 0 heterocycles. The summed E-state index contributed by atoms with van der Waals surface area (Å²) in [5.41, 5.74) is 2.42. The molecule has 0 fully saturated rings. The minimum absolute atomic E-state index is 0.330. The molecule has 3 radical (unpaired) electrons. The fourth-order valence-corrected chi connectivity index (χ4v) is 2.11. The molecule has 3 heteroatoms. The van der Waals surface area contributed by atoms with E-state index in [0.717, 1.165) is 0 Å². The Balaban J connectivity index is 3.06. The minimum Gasteiger partial charge on any atom is -0.418 e. The van der Waals surface area contributed by atoms with E-state index < -0.39 is 0 Å². The van der Waals surface area contributed by atoms with Gasteiger partial charge in [0.15, 0.2) is 0 Å². The van der Waals surface area contributed by atoms with E-state index in [1.165, 1.54) is 11.1 Å². The van der Waals surface area contributed by atoms with Crippen LogP contribution >= 0.6 is 11.6 Å². The lowest BCUT2D eigenvalue weighted by molar-refractivity contribution is 0.322. The summed E-state index contributed by atoms with van der Waals surface area (Å²) >= 11 is 6.35. The van der Waals surface area contributed by atoms with Crippen LogP contribution < -0.4 is 0 Å². The molecule has 1 aromatic carbocycles.